The topological polar surface area (TPSA) is 0 Å². The van der Waals surface area contributed by atoms with Gasteiger partial charge in [-0.2, -0.15) is 0 Å². The van der Waals surface area contributed by atoms with Gasteiger partial charge in [0, 0.05) is 0 Å². The third-order valence-corrected chi connectivity index (χ3v) is 13.9. The van der Waals surface area contributed by atoms with Crippen LogP contribution in [0.4, 0.5) is 0 Å². The van der Waals surface area contributed by atoms with Crippen molar-refractivity contribution in [2.75, 3.05) is 0 Å². The molecular weight excluding hydrogens is 757 g/mol. The Morgan fingerprint density at radius 1 is 0.222 bits per heavy atom. The first-order valence-electron chi connectivity index (χ1n) is 22.0. The van der Waals surface area contributed by atoms with Crippen molar-refractivity contribution in [1.82, 2.24) is 0 Å². The maximum Gasteiger partial charge on any atom is 0.0714 e. The molecule has 0 saturated heterocycles. The minimum Gasteiger partial charge on any atom is -0.0622 e. The summed E-state index contributed by atoms with van der Waals surface area (Å²) in [6.07, 6.45) is 0. The summed E-state index contributed by atoms with van der Waals surface area (Å²) in [7, 11) is 0. The molecule has 0 unspecified atom stereocenters. The highest BCUT2D eigenvalue weighted by Crippen LogP contribution is 2.56. The van der Waals surface area contributed by atoms with Crippen LogP contribution in [0.2, 0.25) is 0 Å². The number of hydrogen-bond donors (Lipinski definition) is 0. The molecule has 0 nitrogen and oxygen atoms in total. The van der Waals surface area contributed by atoms with Crippen LogP contribution in [-0.4, -0.2) is 0 Å². The Kier molecular flexibility index (Phi) is 7.92. The van der Waals surface area contributed by atoms with Crippen LogP contribution in [0.25, 0.3) is 98.4 Å². The predicted molar refractivity (Wildman–Crippen MR) is 268 cm³/mol. The molecule has 0 radical (unpaired) electrons. The second kappa shape index (κ2) is 14.0. The van der Waals surface area contributed by atoms with Crippen LogP contribution in [0.1, 0.15) is 22.3 Å². The molecule has 1 aliphatic carbocycles. The summed E-state index contributed by atoms with van der Waals surface area (Å²) in [5.41, 5.74) is 14.7. The molecule has 0 spiro atoms. The van der Waals surface area contributed by atoms with Gasteiger partial charge in [0.1, 0.15) is 0 Å². The first kappa shape index (κ1) is 35.7. The lowest BCUT2D eigenvalue weighted by Gasteiger charge is -2.34. The van der Waals surface area contributed by atoms with Crippen LogP contribution < -0.4 is 0 Å². The Balaban J connectivity index is 0.969. The van der Waals surface area contributed by atoms with Gasteiger partial charge in [0.05, 0.1) is 5.41 Å². The molecule has 0 heterocycles. The molecule has 0 aliphatic heterocycles. The minimum absolute atomic E-state index is 0.450. The lowest BCUT2D eigenvalue weighted by molar-refractivity contribution is 0.771. The van der Waals surface area contributed by atoms with Gasteiger partial charge in [-0.1, -0.05) is 218 Å². The number of fused-ring (bicyclic) bond motifs is 3. The van der Waals surface area contributed by atoms with E-state index in [2.05, 4.69) is 243 Å². The summed E-state index contributed by atoms with van der Waals surface area (Å²) in [5.74, 6) is 0. The molecule has 0 amide bonds. The van der Waals surface area contributed by atoms with Gasteiger partial charge < -0.3 is 0 Å². The van der Waals surface area contributed by atoms with Crippen LogP contribution >= 0.6 is 0 Å². The highest BCUT2D eigenvalue weighted by atomic mass is 14.5. The maximum atomic E-state index is 2.49. The number of hydrogen-bond acceptors (Lipinski definition) is 0. The summed E-state index contributed by atoms with van der Waals surface area (Å²) in [4.78, 5) is 0. The Morgan fingerprint density at radius 3 is 1.37 bits per heavy atom. The lowest BCUT2D eigenvalue weighted by atomic mass is 9.67. The molecule has 12 aromatic rings. The van der Waals surface area contributed by atoms with E-state index in [1.807, 2.05) is 0 Å². The molecule has 292 valence electrons. The van der Waals surface area contributed by atoms with E-state index in [-0.39, 0.29) is 0 Å². The summed E-state index contributed by atoms with van der Waals surface area (Å²) >= 11 is 0. The molecule has 13 rings (SSSR count). The Hall–Kier alpha value is -8.06. The SMILES string of the molecule is c1ccc(C2(c3ccccc3)c3cccc4ccc5cc(-c6ccc(-c7c8ccccc8c(-c8cccc(-c9ccc%10ccccc%10c9)c8)c8ccccc78)cc6)cc2c5c34)cc1. The summed E-state index contributed by atoms with van der Waals surface area (Å²) in [6, 6.07) is 90.4. The smallest absolute Gasteiger partial charge is 0.0622 e. The van der Waals surface area contributed by atoms with Gasteiger partial charge in [-0.05, 0) is 145 Å². The standard InChI is InChI=1S/C63H40/c1-3-20-51(21-4-1)63(52-22-5-2-6-23-52)57-28-14-17-43-34-36-49-39-50(40-58(63)62(49)61(43)57)42-29-32-44(33-30-42)59-53-24-9-11-26-55(53)60(56-27-12-10-25-54(56)59)48-19-13-18-46(38-48)47-35-31-41-15-7-8-16-45(41)37-47/h1-40H. The van der Waals surface area contributed by atoms with Crippen molar-refractivity contribution in [3.63, 3.8) is 0 Å². The van der Waals surface area contributed by atoms with Crippen LogP contribution in [0.15, 0.2) is 243 Å². The second-order valence-electron chi connectivity index (χ2n) is 17.1. The lowest BCUT2D eigenvalue weighted by Crippen LogP contribution is -2.28. The molecule has 12 aromatic carbocycles. The molecule has 0 saturated carbocycles. The molecule has 1 aliphatic rings. The Morgan fingerprint density at radius 2 is 0.683 bits per heavy atom. The van der Waals surface area contributed by atoms with Crippen molar-refractivity contribution in [3.05, 3.63) is 265 Å². The van der Waals surface area contributed by atoms with Gasteiger partial charge in [0.15, 0.2) is 0 Å². The molecule has 0 bridgehead atoms. The normalized spacial score (nSPS) is 12.9. The number of benzene rings is 12. The van der Waals surface area contributed by atoms with E-state index in [4.69, 9.17) is 0 Å². The average Bonchev–Trinajstić information content (AvgIpc) is 3.67. The molecular formula is C63H40. The summed E-state index contributed by atoms with van der Waals surface area (Å²) in [6.45, 7) is 0. The predicted octanol–water partition coefficient (Wildman–Crippen LogP) is 16.8. The minimum atomic E-state index is -0.450. The monoisotopic (exact) mass is 796 g/mol. The van der Waals surface area contributed by atoms with E-state index in [1.54, 1.807) is 0 Å². The molecule has 0 fully saturated rings. The van der Waals surface area contributed by atoms with Gasteiger partial charge in [-0.25, -0.2) is 0 Å². The second-order valence-corrected chi connectivity index (χ2v) is 17.1. The van der Waals surface area contributed by atoms with E-state index < -0.39 is 5.41 Å². The fourth-order valence-corrected chi connectivity index (χ4v) is 11.1. The third kappa shape index (κ3) is 5.35. The largest absolute Gasteiger partial charge is 0.0714 e. The Labute approximate surface area is 367 Å². The summed E-state index contributed by atoms with van der Waals surface area (Å²) < 4.78 is 0. The van der Waals surface area contributed by atoms with Gasteiger partial charge >= 0.3 is 0 Å². The van der Waals surface area contributed by atoms with Crippen molar-refractivity contribution < 1.29 is 0 Å². The van der Waals surface area contributed by atoms with Gasteiger partial charge in [-0.3, -0.25) is 0 Å². The van der Waals surface area contributed by atoms with E-state index in [9.17, 15) is 0 Å². The van der Waals surface area contributed by atoms with Crippen molar-refractivity contribution in [2.24, 2.45) is 0 Å². The van der Waals surface area contributed by atoms with Crippen molar-refractivity contribution in [1.29, 1.82) is 0 Å². The van der Waals surface area contributed by atoms with E-state index in [0.717, 1.165) is 0 Å². The first-order valence-corrected chi connectivity index (χ1v) is 22.0. The molecule has 63 heavy (non-hydrogen) atoms. The van der Waals surface area contributed by atoms with Gasteiger partial charge in [-0.15, -0.1) is 0 Å². The fourth-order valence-electron chi connectivity index (χ4n) is 11.1. The van der Waals surface area contributed by atoms with E-state index >= 15 is 0 Å². The van der Waals surface area contributed by atoms with Gasteiger partial charge in [0.2, 0.25) is 0 Å². The zero-order valence-electron chi connectivity index (χ0n) is 34.6. The zero-order chi connectivity index (χ0) is 41.5. The summed E-state index contributed by atoms with van der Waals surface area (Å²) in [5, 5.41) is 12.8. The Bertz CT molecular complexity index is 3670. The molecule has 0 atom stereocenters. The quantitative estimate of drug-likeness (QED) is 0.116. The fraction of sp³-hybridized carbons (Fsp3) is 0.0159. The highest BCUT2D eigenvalue weighted by Gasteiger charge is 2.45. The van der Waals surface area contributed by atoms with Crippen LogP contribution in [-0.2, 0) is 5.41 Å². The molecule has 0 aromatic heterocycles. The first-order chi connectivity index (χ1) is 31.2. The van der Waals surface area contributed by atoms with Crippen LogP contribution in [0, 0.1) is 0 Å². The van der Waals surface area contributed by atoms with E-state index in [0.29, 0.717) is 0 Å². The molecule has 0 N–H and O–H groups in total. The third-order valence-electron chi connectivity index (χ3n) is 13.9. The maximum absolute atomic E-state index is 2.49. The van der Waals surface area contributed by atoms with Gasteiger partial charge in [0.25, 0.3) is 0 Å². The van der Waals surface area contributed by atoms with Crippen LogP contribution in [0.3, 0.4) is 0 Å². The zero-order valence-corrected chi connectivity index (χ0v) is 34.6. The van der Waals surface area contributed by atoms with Crippen molar-refractivity contribution >= 4 is 53.9 Å². The van der Waals surface area contributed by atoms with Crippen LogP contribution in [0.5, 0.6) is 0 Å². The number of rotatable bonds is 6. The highest BCUT2D eigenvalue weighted by molar-refractivity contribution is 6.22. The molecule has 0 heteroatoms. The van der Waals surface area contributed by atoms with Crippen molar-refractivity contribution in [3.8, 4) is 44.5 Å². The average molecular weight is 797 g/mol. The van der Waals surface area contributed by atoms with Crippen molar-refractivity contribution in [2.45, 2.75) is 5.41 Å². The van der Waals surface area contributed by atoms with E-state index in [1.165, 1.54) is 121 Å².